The van der Waals surface area contributed by atoms with Crippen molar-refractivity contribution in [3.05, 3.63) is 64.2 Å². The van der Waals surface area contributed by atoms with Crippen LogP contribution in [0.2, 0.25) is 0 Å². The van der Waals surface area contributed by atoms with E-state index in [1.165, 1.54) is 5.56 Å². The molecule has 23 heavy (non-hydrogen) atoms. The molecule has 4 rings (SSSR count). The quantitative estimate of drug-likeness (QED) is 0.801. The van der Waals surface area contributed by atoms with Gasteiger partial charge in [-0.1, -0.05) is 41.1 Å². The number of hydrogen-bond donors (Lipinski definition) is 0. The Labute approximate surface area is 138 Å². The second-order valence-electron chi connectivity index (χ2n) is 6.62. The lowest BCUT2D eigenvalue weighted by atomic mass is 9.86. The summed E-state index contributed by atoms with van der Waals surface area (Å²) in [4.78, 5) is 6.73. The average molecular weight is 325 g/mol. The minimum Gasteiger partial charge on any atom is -0.383 e. The lowest BCUT2D eigenvalue weighted by Crippen LogP contribution is -2.36. The van der Waals surface area contributed by atoms with Crippen LogP contribution in [0.15, 0.2) is 46.4 Å². The van der Waals surface area contributed by atoms with E-state index in [-0.39, 0.29) is 5.25 Å². The van der Waals surface area contributed by atoms with Gasteiger partial charge in [0.15, 0.2) is 5.60 Å². The van der Waals surface area contributed by atoms with Gasteiger partial charge in [0, 0.05) is 16.0 Å². The highest BCUT2D eigenvalue weighted by atomic mass is 32.2. The van der Waals surface area contributed by atoms with E-state index in [1.54, 1.807) is 0 Å². The molecule has 2 aromatic rings. The maximum atomic E-state index is 13.1. The molecule has 0 saturated heterocycles. The highest BCUT2D eigenvalue weighted by molar-refractivity contribution is 7.87. The molecular formula is C19H19NO2S. The van der Waals surface area contributed by atoms with Crippen LogP contribution in [0.5, 0.6) is 0 Å². The normalized spacial score (nSPS) is 28.1. The van der Waals surface area contributed by atoms with Gasteiger partial charge in [-0.25, -0.2) is 0 Å². The Kier molecular flexibility index (Phi) is 3.04. The highest BCUT2D eigenvalue weighted by Gasteiger charge is 2.57. The van der Waals surface area contributed by atoms with E-state index in [4.69, 9.17) is 4.84 Å². The van der Waals surface area contributed by atoms with Crippen molar-refractivity contribution in [1.29, 1.82) is 0 Å². The lowest BCUT2D eigenvalue weighted by molar-refractivity contribution is -0.00347. The van der Waals surface area contributed by atoms with Gasteiger partial charge in [-0.05, 0) is 44.9 Å². The molecule has 118 valence electrons. The van der Waals surface area contributed by atoms with E-state index < -0.39 is 16.4 Å². The molecule has 0 saturated carbocycles. The van der Waals surface area contributed by atoms with Gasteiger partial charge < -0.3 is 4.84 Å². The van der Waals surface area contributed by atoms with E-state index in [9.17, 15) is 4.21 Å². The largest absolute Gasteiger partial charge is 0.383 e. The number of benzene rings is 2. The van der Waals surface area contributed by atoms with Gasteiger partial charge in [0.1, 0.15) is 11.0 Å². The molecule has 2 aliphatic rings. The zero-order valence-corrected chi connectivity index (χ0v) is 14.5. The number of hydrogen-bond acceptors (Lipinski definition) is 3. The molecule has 3 unspecified atom stereocenters. The van der Waals surface area contributed by atoms with Crippen LogP contribution in [0.4, 0.5) is 0 Å². The summed E-state index contributed by atoms with van der Waals surface area (Å²) in [5.41, 5.74) is 5.78. The maximum absolute atomic E-state index is 13.1. The second-order valence-corrected chi connectivity index (χ2v) is 8.13. The van der Waals surface area contributed by atoms with Gasteiger partial charge in [-0.15, -0.1) is 0 Å². The Bertz CT molecular complexity index is 864. The van der Waals surface area contributed by atoms with Crippen molar-refractivity contribution in [2.24, 2.45) is 5.16 Å². The third-order valence-corrected chi connectivity index (χ3v) is 6.76. The fourth-order valence-corrected chi connectivity index (χ4v) is 5.83. The molecule has 0 radical (unpaired) electrons. The Balaban J connectivity index is 1.89. The summed E-state index contributed by atoms with van der Waals surface area (Å²) in [5, 5.41) is 4.14. The molecule has 0 bridgehead atoms. The number of aryl methyl sites for hydroxylation is 3. The summed E-state index contributed by atoms with van der Waals surface area (Å²) in [6, 6.07) is 12.1. The number of nitrogens with zero attached hydrogens (tertiary/aromatic N) is 1. The summed E-state index contributed by atoms with van der Waals surface area (Å²) in [5.74, 6) is 0. The third-order valence-electron chi connectivity index (χ3n) is 4.87. The van der Waals surface area contributed by atoms with E-state index in [1.807, 2.05) is 31.2 Å². The van der Waals surface area contributed by atoms with Crippen LogP contribution in [-0.2, 0) is 21.2 Å². The van der Waals surface area contributed by atoms with Crippen LogP contribution in [0.3, 0.4) is 0 Å². The van der Waals surface area contributed by atoms with E-state index in [0.29, 0.717) is 0 Å². The monoisotopic (exact) mass is 325 g/mol. The molecule has 0 fully saturated rings. The van der Waals surface area contributed by atoms with Crippen LogP contribution >= 0.6 is 0 Å². The summed E-state index contributed by atoms with van der Waals surface area (Å²) in [7, 11) is -1.15. The number of fused-ring (bicyclic) bond motifs is 3. The molecule has 2 aromatic carbocycles. The fourth-order valence-electron chi connectivity index (χ4n) is 3.94. The Hall–Kier alpha value is -1.94. The average Bonchev–Trinajstić information content (AvgIpc) is 2.94. The van der Waals surface area contributed by atoms with Gasteiger partial charge in [-0.3, -0.25) is 4.21 Å². The molecule has 2 heterocycles. The Morgan fingerprint density at radius 1 is 1.13 bits per heavy atom. The van der Waals surface area contributed by atoms with E-state index in [2.05, 4.69) is 38.1 Å². The van der Waals surface area contributed by atoms with Crippen molar-refractivity contribution in [2.45, 2.75) is 43.4 Å². The number of rotatable bonds is 1. The summed E-state index contributed by atoms with van der Waals surface area (Å²) >= 11 is 0. The van der Waals surface area contributed by atoms with Gasteiger partial charge >= 0.3 is 0 Å². The molecule has 0 spiro atoms. The maximum Gasteiger partial charge on any atom is 0.181 e. The first-order valence-corrected chi connectivity index (χ1v) is 8.99. The molecule has 0 aliphatic carbocycles. The minimum atomic E-state index is -1.15. The predicted molar refractivity (Wildman–Crippen MR) is 92.3 cm³/mol. The Morgan fingerprint density at radius 3 is 2.48 bits per heavy atom. The molecule has 0 amide bonds. The topological polar surface area (TPSA) is 38.7 Å². The summed E-state index contributed by atoms with van der Waals surface area (Å²) in [6.45, 7) is 8.25. The molecule has 4 heteroatoms. The summed E-state index contributed by atoms with van der Waals surface area (Å²) < 4.78 is 13.1. The first kappa shape index (κ1) is 14.6. The van der Waals surface area contributed by atoms with Crippen LogP contribution < -0.4 is 0 Å². The zero-order chi connectivity index (χ0) is 16.4. The highest BCUT2D eigenvalue weighted by Crippen LogP contribution is 2.48. The van der Waals surface area contributed by atoms with Crippen molar-refractivity contribution in [2.75, 3.05) is 0 Å². The van der Waals surface area contributed by atoms with Crippen LogP contribution in [0.25, 0.3) is 0 Å². The van der Waals surface area contributed by atoms with Crippen molar-refractivity contribution >= 4 is 16.5 Å². The third kappa shape index (κ3) is 1.88. The van der Waals surface area contributed by atoms with Gasteiger partial charge in [0.05, 0.1) is 10.8 Å². The van der Waals surface area contributed by atoms with Gasteiger partial charge in [0.25, 0.3) is 0 Å². The predicted octanol–water partition coefficient (Wildman–Crippen LogP) is 3.75. The fraction of sp³-hybridized carbons (Fsp3) is 0.316. The molecular weight excluding hydrogens is 306 g/mol. The summed E-state index contributed by atoms with van der Waals surface area (Å²) in [6.07, 6.45) is 0. The molecule has 2 aliphatic heterocycles. The molecule has 3 nitrogen and oxygen atoms in total. The first-order chi connectivity index (χ1) is 10.9. The molecule has 0 N–H and O–H groups in total. The first-order valence-electron chi connectivity index (χ1n) is 7.78. The van der Waals surface area contributed by atoms with E-state index in [0.717, 1.165) is 32.9 Å². The van der Waals surface area contributed by atoms with Crippen molar-refractivity contribution in [1.82, 2.24) is 0 Å². The van der Waals surface area contributed by atoms with Gasteiger partial charge in [0.2, 0.25) is 0 Å². The lowest BCUT2D eigenvalue weighted by Gasteiger charge is -2.22. The Morgan fingerprint density at radius 2 is 1.78 bits per heavy atom. The van der Waals surface area contributed by atoms with Crippen LogP contribution in [0.1, 0.15) is 34.7 Å². The standard InChI is InChI=1S/C19H19NO2S/c1-11-9-12(2)16(13(3)10-11)17-18-19(4,22-20-17)14-7-5-6-8-15(14)23(18)21/h5-10,18H,1-4H3. The molecule has 3 atom stereocenters. The second kappa shape index (κ2) is 4.78. The van der Waals surface area contributed by atoms with Crippen molar-refractivity contribution in [3.63, 3.8) is 0 Å². The SMILES string of the molecule is Cc1cc(C)c(C2=NOC3(C)c4ccccc4S(=O)C23)c(C)c1. The van der Waals surface area contributed by atoms with Crippen LogP contribution in [0, 0.1) is 20.8 Å². The van der Waals surface area contributed by atoms with E-state index >= 15 is 0 Å². The van der Waals surface area contributed by atoms with Gasteiger partial charge in [-0.2, -0.15) is 0 Å². The smallest absolute Gasteiger partial charge is 0.181 e. The zero-order valence-electron chi connectivity index (χ0n) is 13.7. The van der Waals surface area contributed by atoms with Crippen LogP contribution in [-0.4, -0.2) is 15.2 Å². The molecule has 0 aromatic heterocycles. The van der Waals surface area contributed by atoms with Crippen molar-refractivity contribution < 1.29 is 9.05 Å². The number of oxime groups is 1. The minimum absolute atomic E-state index is 0.250. The van der Waals surface area contributed by atoms with Crippen molar-refractivity contribution in [3.8, 4) is 0 Å².